The predicted molar refractivity (Wildman–Crippen MR) is 126 cm³/mol. The number of ether oxygens (including phenoxy) is 1. The van der Waals surface area contributed by atoms with Gasteiger partial charge < -0.3 is 9.64 Å². The molecule has 3 aliphatic rings. The van der Waals surface area contributed by atoms with Gasteiger partial charge >= 0.3 is 0 Å². The second-order valence-corrected chi connectivity index (χ2v) is 9.37. The minimum absolute atomic E-state index is 0.141. The van der Waals surface area contributed by atoms with Crippen LogP contribution in [0.25, 0.3) is 0 Å². The SMILES string of the molecule is CCCCCN(C(=O)C1(OCC)CC=Nc2ccccc21)C1CCN(C2CCCC2)C1. The number of amides is 1. The molecule has 0 bridgehead atoms. The molecule has 0 aromatic heterocycles. The highest BCUT2D eigenvalue weighted by atomic mass is 16.5. The van der Waals surface area contributed by atoms with Crippen LogP contribution < -0.4 is 0 Å². The van der Waals surface area contributed by atoms with Crippen LogP contribution in [0.15, 0.2) is 29.3 Å². The van der Waals surface area contributed by atoms with Gasteiger partial charge in [0.2, 0.25) is 0 Å². The van der Waals surface area contributed by atoms with Crippen molar-refractivity contribution in [2.45, 2.75) is 89.3 Å². The summed E-state index contributed by atoms with van der Waals surface area (Å²) in [5.41, 5.74) is 0.846. The van der Waals surface area contributed by atoms with Crippen LogP contribution in [0.4, 0.5) is 5.69 Å². The Morgan fingerprint density at radius 1 is 1.19 bits per heavy atom. The molecular formula is C26H39N3O2. The van der Waals surface area contributed by atoms with Crippen LogP contribution in [0.2, 0.25) is 0 Å². The molecular weight excluding hydrogens is 386 g/mol. The minimum atomic E-state index is -0.944. The molecule has 0 N–H and O–H groups in total. The van der Waals surface area contributed by atoms with Crippen molar-refractivity contribution in [3.05, 3.63) is 29.8 Å². The molecule has 0 radical (unpaired) electrons. The zero-order valence-electron chi connectivity index (χ0n) is 19.4. The Balaban J connectivity index is 1.60. The van der Waals surface area contributed by atoms with Gasteiger partial charge in [-0.2, -0.15) is 0 Å². The summed E-state index contributed by atoms with van der Waals surface area (Å²) in [4.78, 5) is 23.7. The summed E-state index contributed by atoms with van der Waals surface area (Å²) in [5, 5.41) is 0. The van der Waals surface area contributed by atoms with Crippen molar-refractivity contribution in [3.63, 3.8) is 0 Å². The van der Waals surface area contributed by atoms with E-state index in [1.165, 1.54) is 25.7 Å². The lowest BCUT2D eigenvalue weighted by Gasteiger charge is -2.41. The molecule has 1 aromatic carbocycles. The molecule has 1 amide bonds. The number of fused-ring (bicyclic) bond motifs is 1. The largest absolute Gasteiger partial charge is 0.360 e. The average molecular weight is 426 g/mol. The first-order valence-electron chi connectivity index (χ1n) is 12.5. The first-order chi connectivity index (χ1) is 15.2. The Kier molecular flexibility index (Phi) is 7.44. The summed E-state index contributed by atoms with van der Waals surface area (Å²) in [6, 6.07) is 9.01. The number of rotatable bonds is 9. The maximum atomic E-state index is 14.3. The number of para-hydroxylation sites is 1. The van der Waals surface area contributed by atoms with Crippen molar-refractivity contribution in [1.29, 1.82) is 0 Å². The molecule has 2 fully saturated rings. The van der Waals surface area contributed by atoms with Crippen LogP contribution in [0, 0.1) is 0 Å². The maximum absolute atomic E-state index is 14.3. The van der Waals surface area contributed by atoms with Gasteiger partial charge in [-0.1, -0.05) is 50.8 Å². The highest BCUT2D eigenvalue weighted by Crippen LogP contribution is 2.41. The normalized spacial score (nSPS) is 26.3. The number of unbranched alkanes of at least 4 members (excludes halogenated alkanes) is 2. The lowest BCUT2D eigenvalue weighted by atomic mass is 9.85. The Bertz CT molecular complexity index is 774. The zero-order valence-corrected chi connectivity index (χ0v) is 19.4. The molecule has 1 aromatic rings. The van der Waals surface area contributed by atoms with Gasteiger partial charge in [0.05, 0.1) is 5.69 Å². The average Bonchev–Trinajstić information content (AvgIpc) is 3.49. The first kappa shape index (κ1) is 22.5. The van der Waals surface area contributed by atoms with Crippen molar-refractivity contribution in [2.24, 2.45) is 4.99 Å². The molecule has 0 spiro atoms. The molecule has 5 nitrogen and oxygen atoms in total. The van der Waals surface area contributed by atoms with Gasteiger partial charge in [0.1, 0.15) is 0 Å². The van der Waals surface area contributed by atoms with Crippen molar-refractivity contribution >= 4 is 17.8 Å². The van der Waals surface area contributed by atoms with E-state index in [9.17, 15) is 4.79 Å². The molecule has 2 aliphatic heterocycles. The van der Waals surface area contributed by atoms with Crippen molar-refractivity contribution in [1.82, 2.24) is 9.80 Å². The summed E-state index contributed by atoms with van der Waals surface area (Å²) >= 11 is 0. The second kappa shape index (κ2) is 10.3. The smallest absolute Gasteiger partial charge is 0.260 e. The summed E-state index contributed by atoms with van der Waals surface area (Å²) in [6.45, 7) is 7.67. The third kappa shape index (κ3) is 4.58. The maximum Gasteiger partial charge on any atom is 0.260 e. The molecule has 31 heavy (non-hydrogen) atoms. The van der Waals surface area contributed by atoms with E-state index in [1.807, 2.05) is 37.4 Å². The quantitative estimate of drug-likeness (QED) is 0.520. The highest BCUT2D eigenvalue weighted by Gasteiger charge is 2.48. The molecule has 2 unspecified atom stereocenters. The van der Waals surface area contributed by atoms with Gasteiger partial charge in [0.25, 0.3) is 5.91 Å². The van der Waals surface area contributed by atoms with E-state index in [4.69, 9.17) is 4.74 Å². The molecule has 1 saturated heterocycles. The number of likely N-dealkylation sites (tertiary alicyclic amines) is 1. The van der Waals surface area contributed by atoms with E-state index in [0.29, 0.717) is 13.0 Å². The zero-order chi connectivity index (χ0) is 21.7. The monoisotopic (exact) mass is 425 g/mol. The minimum Gasteiger partial charge on any atom is -0.360 e. The standard InChI is InChI=1S/C26H39N3O2/c1-3-5-10-18-29(22-15-19-28(20-22)21-11-6-7-12-21)25(30)26(31-4-2)16-17-27-24-14-9-8-13-23(24)26/h8-9,13-14,17,21-22H,3-7,10-12,15-16,18-20H2,1-2H3. The molecule has 2 heterocycles. The van der Waals surface area contributed by atoms with Crippen molar-refractivity contribution in [3.8, 4) is 0 Å². The summed E-state index contributed by atoms with van der Waals surface area (Å²) < 4.78 is 6.34. The summed E-state index contributed by atoms with van der Waals surface area (Å²) in [7, 11) is 0. The number of aliphatic imine (C=N–C) groups is 1. The van der Waals surface area contributed by atoms with E-state index in [0.717, 1.165) is 62.6 Å². The first-order valence-corrected chi connectivity index (χ1v) is 12.5. The Hall–Kier alpha value is -1.72. The van der Waals surface area contributed by atoms with E-state index in [2.05, 4.69) is 21.7 Å². The molecule has 1 aliphatic carbocycles. The van der Waals surface area contributed by atoms with Crippen LogP contribution in [0.1, 0.15) is 77.2 Å². The highest BCUT2D eigenvalue weighted by molar-refractivity contribution is 5.93. The van der Waals surface area contributed by atoms with E-state index in [1.54, 1.807) is 0 Å². The lowest BCUT2D eigenvalue weighted by molar-refractivity contribution is -0.161. The van der Waals surface area contributed by atoms with Crippen LogP contribution in [-0.4, -0.2) is 60.2 Å². The number of carbonyl (C=O) groups is 1. The third-order valence-electron chi connectivity index (χ3n) is 7.42. The number of benzene rings is 1. The molecule has 5 heteroatoms. The van der Waals surface area contributed by atoms with Gasteiger partial charge in [-0.3, -0.25) is 14.7 Å². The fraction of sp³-hybridized carbons (Fsp3) is 0.692. The van der Waals surface area contributed by atoms with Crippen LogP contribution in [0.5, 0.6) is 0 Å². The summed E-state index contributed by atoms with van der Waals surface area (Å²) in [5.74, 6) is 0.141. The van der Waals surface area contributed by atoms with E-state index in [-0.39, 0.29) is 11.9 Å². The number of carbonyl (C=O) groups excluding carboxylic acids is 1. The third-order valence-corrected chi connectivity index (χ3v) is 7.42. The Labute approximate surface area is 187 Å². The number of hydrogen-bond acceptors (Lipinski definition) is 4. The van der Waals surface area contributed by atoms with Crippen LogP contribution in [-0.2, 0) is 15.1 Å². The van der Waals surface area contributed by atoms with Gasteiger partial charge in [0, 0.05) is 56.5 Å². The fourth-order valence-electron chi connectivity index (χ4n) is 5.80. The van der Waals surface area contributed by atoms with Crippen molar-refractivity contribution < 1.29 is 9.53 Å². The molecule has 1 saturated carbocycles. The van der Waals surface area contributed by atoms with Gasteiger partial charge in [-0.15, -0.1) is 0 Å². The Morgan fingerprint density at radius 2 is 2.00 bits per heavy atom. The summed E-state index contributed by atoms with van der Waals surface area (Å²) in [6.07, 6.45) is 12.2. The lowest BCUT2D eigenvalue weighted by Crippen LogP contribution is -2.54. The van der Waals surface area contributed by atoms with Gasteiger partial charge in [0.15, 0.2) is 5.60 Å². The van der Waals surface area contributed by atoms with Crippen LogP contribution in [0.3, 0.4) is 0 Å². The topological polar surface area (TPSA) is 45.1 Å². The predicted octanol–water partition coefficient (Wildman–Crippen LogP) is 5.06. The second-order valence-electron chi connectivity index (χ2n) is 9.37. The van der Waals surface area contributed by atoms with E-state index >= 15 is 0 Å². The Morgan fingerprint density at radius 3 is 2.77 bits per heavy atom. The number of nitrogens with zero attached hydrogens (tertiary/aromatic N) is 3. The van der Waals surface area contributed by atoms with Gasteiger partial charge in [-0.05, 0) is 38.7 Å². The molecule has 4 rings (SSSR count). The van der Waals surface area contributed by atoms with E-state index < -0.39 is 5.60 Å². The van der Waals surface area contributed by atoms with Crippen LogP contribution >= 0.6 is 0 Å². The fourth-order valence-corrected chi connectivity index (χ4v) is 5.80. The molecule has 2 atom stereocenters. The van der Waals surface area contributed by atoms with Gasteiger partial charge in [-0.25, -0.2) is 0 Å². The number of hydrogen-bond donors (Lipinski definition) is 0. The molecule has 170 valence electrons. The van der Waals surface area contributed by atoms with Crippen molar-refractivity contribution in [2.75, 3.05) is 26.2 Å².